The molecule has 0 radical (unpaired) electrons. The van der Waals surface area contributed by atoms with Gasteiger partial charge in [0.15, 0.2) is 0 Å². The zero-order chi connectivity index (χ0) is 23.8. The van der Waals surface area contributed by atoms with Gasteiger partial charge in [-0.1, -0.05) is 36.4 Å². The predicted octanol–water partition coefficient (Wildman–Crippen LogP) is 4.16. The van der Waals surface area contributed by atoms with Crippen molar-refractivity contribution in [2.45, 2.75) is 32.5 Å². The number of benzene rings is 3. The molecule has 3 rings (SSSR count). The molecule has 0 saturated heterocycles. The van der Waals surface area contributed by atoms with Crippen molar-refractivity contribution in [2.24, 2.45) is 0 Å². The van der Waals surface area contributed by atoms with Gasteiger partial charge in [0.25, 0.3) is 0 Å². The number of halogens is 2. The smallest absolute Gasteiger partial charge is 0.208 e. The summed E-state index contributed by atoms with van der Waals surface area (Å²) in [6, 6.07) is 18.3. The number of rotatable bonds is 11. The van der Waals surface area contributed by atoms with Gasteiger partial charge in [-0.15, -0.1) is 0 Å². The van der Waals surface area contributed by atoms with Crippen LogP contribution in [-0.2, 0) is 29.6 Å². The second-order valence-corrected chi connectivity index (χ2v) is 9.90. The Morgan fingerprint density at radius 1 is 0.909 bits per heavy atom. The van der Waals surface area contributed by atoms with Gasteiger partial charge in [-0.05, 0) is 59.5 Å². The van der Waals surface area contributed by atoms with Crippen LogP contribution in [0, 0.1) is 11.6 Å². The Balaban J connectivity index is 1.74. The van der Waals surface area contributed by atoms with Gasteiger partial charge in [0.2, 0.25) is 10.0 Å². The standard InChI is InChI=1S/C25H28F2N2O3S/c1-18(15-29-33(2,30)31)28-16-20-9-10-25(32-17-21-6-4-8-24(27)14-21)22(12-20)11-19-5-3-7-23(26)13-19/h3-10,12-14,18,28-29H,11,15-17H2,1-2H3. The summed E-state index contributed by atoms with van der Waals surface area (Å²) in [4.78, 5) is 0. The average Bonchev–Trinajstić information content (AvgIpc) is 2.75. The monoisotopic (exact) mass is 474 g/mol. The van der Waals surface area contributed by atoms with Crippen molar-refractivity contribution in [1.82, 2.24) is 10.0 Å². The highest BCUT2D eigenvalue weighted by Crippen LogP contribution is 2.25. The van der Waals surface area contributed by atoms with E-state index >= 15 is 0 Å². The van der Waals surface area contributed by atoms with E-state index in [2.05, 4.69) is 10.0 Å². The molecule has 0 aliphatic rings. The van der Waals surface area contributed by atoms with Gasteiger partial charge in [-0.3, -0.25) is 0 Å². The Kier molecular flexibility index (Phi) is 8.55. The maximum absolute atomic E-state index is 13.7. The molecule has 0 aliphatic heterocycles. The lowest BCUT2D eigenvalue weighted by Crippen LogP contribution is -2.38. The Morgan fingerprint density at radius 3 is 2.24 bits per heavy atom. The van der Waals surface area contributed by atoms with Crippen molar-refractivity contribution in [2.75, 3.05) is 12.8 Å². The summed E-state index contributed by atoms with van der Waals surface area (Å²) in [5, 5.41) is 3.29. The molecule has 3 aromatic carbocycles. The summed E-state index contributed by atoms with van der Waals surface area (Å²) in [5.74, 6) is 0.0100. The van der Waals surface area contributed by atoms with E-state index in [9.17, 15) is 17.2 Å². The molecule has 0 heterocycles. The number of hydrogen-bond acceptors (Lipinski definition) is 4. The van der Waals surface area contributed by atoms with E-state index in [-0.39, 0.29) is 30.8 Å². The SMILES string of the molecule is CC(CNS(C)(=O)=O)NCc1ccc(OCc2cccc(F)c2)c(Cc2cccc(F)c2)c1. The number of hydrogen-bond donors (Lipinski definition) is 2. The molecule has 0 saturated carbocycles. The normalized spacial score (nSPS) is 12.5. The Labute approximate surface area is 193 Å². The highest BCUT2D eigenvalue weighted by molar-refractivity contribution is 7.88. The molecule has 0 amide bonds. The molecular weight excluding hydrogens is 446 g/mol. The molecule has 33 heavy (non-hydrogen) atoms. The first-order valence-corrected chi connectivity index (χ1v) is 12.5. The summed E-state index contributed by atoms with van der Waals surface area (Å²) < 4.78 is 58.2. The van der Waals surface area contributed by atoms with Crippen LogP contribution in [0.5, 0.6) is 5.75 Å². The van der Waals surface area contributed by atoms with Crippen LogP contribution in [0.15, 0.2) is 66.7 Å². The number of nitrogens with one attached hydrogen (secondary N) is 2. The van der Waals surface area contributed by atoms with Crippen LogP contribution >= 0.6 is 0 Å². The quantitative estimate of drug-likeness (QED) is 0.438. The summed E-state index contributed by atoms with van der Waals surface area (Å²) in [6.45, 7) is 2.90. The maximum atomic E-state index is 13.7. The zero-order valence-electron chi connectivity index (χ0n) is 18.6. The predicted molar refractivity (Wildman–Crippen MR) is 126 cm³/mol. The first-order chi connectivity index (χ1) is 15.7. The minimum Gasteiger partial charge on any atom is -0.489 e. The third-order valence-electron chi connectivity index (χ3n) is 5.00. The summed E-state index contributed by atoms with van der Waals surface area (Å²) >= 11 is 0. The first kappa shape index (κ1) is 24.8. The van der Waals surface area contributed by atoms with E-state index in [4.69, 9.17) is 4.74 Å². The van der Waals surface area contributed by atoms with E-state index < -0.39 is 10.0 Å². The maximum Gasteiger partial charge on any atom is 0.208 e. The molecule has 0 fully saturated rings. The molecule has 0 aliphatic carbocycles. The van der Waals surface area contributed by atoms with Crippen LogP contribution in [0.4, 0.5) is 8.78 Å². The largest absolute Gasteiger partial charge is 0.489 e. The third-order valence-corrected chi connectivity index (χ3v) is 5.69. The highest BCUT2D eigenvalue weighted by Gasteiger charge is 2.10. The van der Waals surface area contributed by atoms with Crippen LogP contribution < -0.4 is 14.8 Å². The molecule has 176 valence electrons. The highest BCUT2D eigenvalue weighted by atomic mass is 32.2. The summed E-state index contributed by atoms with van der Waals surface area (Å²) in [5.41, 5.74) is 3.37. The van der Waals surface area contributed by atoms with E-state index in [1.165, 1.54) is 24.3 Å². The lowest BCUT2D eigenvalue weighted by atomic mass is 10.0. The molecular formula is C25H28F2N2O3S. The van der Waals surface area contributed by atoms with Crippen molar-refractivity contribution < 1.29 is 21.9 Å². The van der Waals surface area contributed by atoms with E-state index in [1.54, 1.807) is 18.2 Å². The molecule has 5 nitrogen and oxygen atoms in total. The van der Waals surface area contributed by atoms with Gasteiger partial charge in [0.05, 0.1) is 6.26 Å². The molecule has 0 bridgehead atoms. The lowest BCUT2D eigenvalue weighted by molar-refractivity contribution is 0.302. The van der Waals surface area contributed by atoms with Gasteiger partial charge >= 0.3 is 0 Å². The Bertz CT molecular complexity index is 1190. The van der Waals surface area contributed by atoms with Crippen molar-refractivity contribution in [3.63, 3.8) is 0 Å². The molecule has 3 aromatic rings. The van der Waals surface area contributed by atoms with E-state index in [1.807, 2.05) is 31.2 Å². The van der Waals surface area contributed by atoms with Crippen LogP contribution in [-0.4, -0.2) is 27.3 Å². The van der Waals surface area contributed by atoms with Crippen LogP contribution in [0.3, 0.4) is 0 Å². The second kappa shape index (κ2) is 11.4. The van der Waals surface area contributed by atoms with Gasteiger partial charge in [-0.2, -0.15) is 0 Å². The van der Waals surface area contributed by atoms with Crippen molar-refractivity contribution in [3.8, 4) is 5.75 Å². The lowest BCUT2D eigenvalue weighted by Gasteiger charge is -2.17. The summed E-state index contributed by atoms with van der Waals surface area (Å²) in [6.07, 6.45) is 1.59. The van der Waals surface area contributed by atoms with Crippen LogP contribution in [0.1, 0.15) is 29.2 Å². The topological polar surface area (TPSA) is 67.4 Å². The number of sulfonamides is 1. The van der Waals surface area contributed by atoms with Gasteiger partial charge in [0, 0.05) is 25.6 Å². The molecule has 8 heteroatoms. The Hall–Kier alpha value is -2.81. The molecule has 1 atom stereocenters. The fourth-order valence-electron chi connectivity index (χ4n) is 3.32. The van der Waals surface area contributed by atoms with E-state index in [0.29, 0.717) is 24.3 Å². The van der Waals surface area contributed by atoms with Crippen LogP contribution in [0.25, 0.3) is 0 Å². The van der Waals surface area contributed by atoms with Gasteiger partial charge in [0.1, 0.15) is 24.0 Å². The fraction of sp³-hybridized carbons (Fsp3) is 0.280. The van der Waals surface area contributed by atoms with Crippen molar-refractivity contribution >= 4 is 10.0 Å². The first-order valence-electron chi connectivity index (χ1n) is 10.6. The second-order valence-electron chi connectivity index (χ2n) is 8.07. The molecule has 2 N–H and O–H groups in total. The van der Waals surface area contributed by atoms with Crippen molar-refractivity contribution in [3.05, 3.63) is 101 Å². The minimum atomic E-state index is -3.25. The molecule has 1 unspecified atom stereocenters. The Morgan fingerprint density at radius 2 is 1.58 bits per heavy atom. The molecule has 0 spiro atoms. The van der Waals surface area contributed by atoms with Crippen LogP contribution in [0.2, 0.25) is 0 Å². The fourth-order valence-corrected chi connectivity index (χ4v) is 3.87. The zero-order valence-corrected chi connectivity index (χ0v) is 19.5. The van der Waals surface area contributed by atoms with E-state index in [0.717, 1.165) is 22.9 Å². The average molecular weight is 475 g/mol. The summed E-state index contributed by atoms with van der Waals surface area (Å²) in [7, 11) is -3.25. The van der Waals surface area contributed by atoms with Gasteiger partial charge in [-0.25, -0.2) is 21.9 Å². The third kappa shape index (κ3) is 8.57. The minimum absolute atomic E-state index is 0.0738. The number of ether oxygens (including phenoxy) is 1. The van der Waals surface area contributed by atoms with Gasteiger partial charge < -0.3 is 10.1 Å². The van der Waals surface area contributed by atoms with Crippen molar-refractivity contribution in [1.29, 1.82) is 0 Å². The molecule has 0 aromatic heterocycles.